The van der Waals surface area contributed by atoms with Gasteiger partial charge in [-0.25, -0.2) is 4.68 Å². The molecule has 1 saturated carbocycles. The molecule has 0 N–H and O–H groups in total. The molecule has 0 aliphatic heterocycles. The van der Waals surface area contributed by atoms with Crippen molar-refractivity contribution in [3.63, 3.8) is 0 Å². The lowest BCUT2D eigenvalue weighted by atomic mass is 9.86. The van der Waals surface area contributed by atoms with Crippen LogP contribution in [-0.2, 0) is 0 Å². The van der Waals surface area contributed by atoms with E-state index in [2.05, 4.69) is 23.3 Å². The summed E-state index contributed by atoms with van der Waals surface area (Å²) in [6.45, 7) is 0. The van der Waals surface area contributed by atoms with Crippen molar-refractivity contribution in [1.29, 1.82) is 0 Å². The summed E-state index contributed by atoms with van der Waals surface area (Å²) in [5.74, 6) is 0.433. The predicted octanol–water partition coefficient (Wildman–Crippen LogP) is 4.14. The molecule has 0 bridgehead atoms. The first kappa shape index (κ1) is 11.8. The number of halogens is 1. The number of para-hydroxylation sites is 1. The molecule has 1 heterocycles. The molecule has 18 heavy (non-hydrogen) atoms. The summed E-state index contributed by atoms with van der Waals surface area (Å²) >= 11 is 6.49. The SMILES string of the molecule is ClC1CCCCC1c1ccnn1-c1ccccc1. The van der Waals surface area contributed by atoms with Gasteiger partial charge in [-0.2, -0.15) is 5.10 Å². The second kappa shape index (κ2) is 5.15. The Morgan fingerprint density at radius 2 is 1.83 bits per heavy atom. The zero-order valence-corrected chi connectivity index (χ0v) is 11.1. The number of aromatic nitrogens is 2. The monoisotopic (exact) mass is 260 g/mol. The molecule has 2 aromatic rings. The molecule has 0 saturated heterocycles. The molecule has 1 aliphatic rings. The molecule has 0 spiro atoms. The van der Waals surface area contributed by atoms with Crippen LogP contribution in [0.3, 0.4) is 0 Å². The van der Waals surface area contributed by atoms with Crippen LogP contribution < -0.4 is 0 Å². The van der Waals surface area contributed by atoms with Gasteiger partial charge in [-0.15, -0.1) is 11.6 Å². The Balaban J connectivity index is 1.96. The van der Waals surface area contributed by atoms with Crippen molar-refractivity contribution in [2.45, 2.75) is 37.0 Å². The van der Waals surface area contributed by atoms with Gasteiger partial charge >= 0.3 is 0 Å². The molecular formula is C15H17ClN2. The molecule has 2 unspecified atom stereocenters. The van der Waals surface area contributed by atoms with Crippen LogP contribution in [0.2, 0.25) is 0 Å². The molecule has 1 aromatic carbocycles. The summed E-state index contributed by atoms with van der Waals surface area (Å²) in [5, 5.41) is 4.70. The minimum atomic E-state index is 0.248. The first-order valence-electron chi connectivity index (χ1n) is 6.59. The normalized spacial score (nSPS) is 24.1. The summed E-state index contributed by atoms with van der Waals surface area (Å²) in [5.41, 5.74) is 2.37. The Kier molecular flexibility index (Phi) is 3.37. The first-order valence-corrected chi connectivity index (χ1v) is 7.03. The van der Waals surface area contributed by atoms with Crippen molar-refractivity contribution in [3.05, 3.63) is 48.3 Å². The Morgan fingerprint density at radius 3 is 2.61 bits per heavy atom. The zero-order valence-electron chi connectivity index (χ0n) is 10.3. The molecule has 0 radical (unpaired) electrons. The number of hydrogen-bond acceptors (Lipinski definition) is 1. The fourth-order valence-corrected chi connectivity index (χ4v) is 3.21. The Bertz CT molecular complexity index is 506. The van der Waals surface area contributed by atoms with E-state index in [9.17, 15) is 0 Å². The number of alkyl halides is 1. The van der Waals surface area contributed by atoms with Gasteiger partial charge in [0, 0.05) is 23.2 Å². The lowest BCUT2D eigenvalue weighted by molar-refractivity contribution is 0.436. The van der Waals surface area contributed by atoms with Gasteiger partial charge in [0.05, 0.1) is 5.69 Å². The van der Waals surface area contributed by atoms with Crippen LogP contribution in [0.5, 0.6) is 0 Å². The molecule has 1 aliphatic carbocycles. The zero-order chi connectivity index (χ0) is 12.4. The molecule has 94 valence electrons. The quantitative estimate of drug-likeness (QED) is 0.742. The van der Waals surface area contributed by atoms with E-state index in [4.69, 9.17) is 11.6 Å². The van der Waals surface area contributed by atoms with Gasteiger partial charge in [-0.3, -0.25) is 0 Å². The summed E-state index contributed by atoms with van der Waals surface area (Å²) in [6, 6.07) is 12.4. The Hall–Kier alpha value is -1.28. The van der Waals surface area contributed by atoms with Crippen LogP contribution >= 0.6 is 11.6 Å². The molecular weight excluding hydrogens is 244 g/mol. The van der Waals surface area contributed by atoms with Gasteiger partial charge < -0.3 is 0 Å². The van der Waals surface area contributed by atoms with Crippen LogP contribution in [0.15, 0.2) is 42.6 Å². The van der Waals surface area contributed by atoms with Gasteiger partial charge in [0.25, 0.3) is 0 Å². The fourth-order valence-electron chi connectivity index (χ4n) is 2.80. The van der Waals surface area contributed by atoms with E-state index >= 15 is 0 Å². The third-order valence-electron chi connectivity index (χ3n) is 3.73. The maximum Gasteiger partial charge on any atom is 0.0648 e. The van der Waals surface area contributed by atoms with Crippen molar-refractivity contribution in [1.82, 2.24) is 9.78 Å². The third-order valence-corrected chi connectivity index (χ3v) is 4.26. The minimum Gasteiger partial charge on any atom is -0.237 e. The highest BCUT2D eigenvalue weighted by Gasteiger charge is 2.27. The van der Waals surface area contributed by atoms with Crippen molar-refractivity contribution >= 4 is 11.6 Å². The standard InChI is InChI=1S/C15H17ClN2/c16-14-9-5-4-8-13(14)15-10-11-17-18(15)12-6-2-1-3-7-12/h1-3,6-7,10-11,13-14H,4-5,8-9H2. The fraction of sp³-hybridized carbons (Fsp3) is 0.400. The van der Waals surface area contributed by atoms with Crippen LogP contribution in [0.4, 0.5) is 0 Å². The summed E-state index contributed by atoms with van der Waals surface area (Å²) in [7, 11) is 0. The predicted molar refractivity (Wildman–Crippen MR) is 74.4 cm³/mol. The minimum absolute atomic E-state index is 0.248. The van der Waals surface area contributed by atoms with E-state index in [-0.39, 0.29) is 5.38 Å². The number of benzene rings is 1. The highest BCUT2D eigenvalue weighted by atomic mass is 35.5. The van der Waals surface area contributed by atoms with Crippen LogP contribution in [0.25, 0.3) is 5.69 Å². The summed E-state index contributed by atoms with van der Waals surface area (Å²) in [4.78, 5) is 0. The maximum atomic E-state index is 6.49. The van der Waals surface area contributed by atoms with Crippen LogP contribution in [0.1, 0.15) is 37.3 Å². The van der Waals surface area contributed by atoms with Gasteiger partial charge in [0.15, 0.2) is 0 Å². The second-order valence-corrected chi connectivity index (χ2v) is 5.47. The van der Waals surface area contributed by atoms with E-state index in [0.29, 0.717) is 5.92 Å². The van der Waals surface area contributed by atoms with Crippen molar-refractivity contribution in [3.8, 4) is 5.69 Å². The van der Waals surface area contributed by atoms with E-state index in [1.807, 2.05) is 29.1 Å². The summed E-state index contributed by atoms with van der Waals surface area (Å²) < 4.78 is 2.03. The van der Waals surface area contributed by atoms with Crippen LogP contribution in [-0.4, -0.2) is 15.2 Å². The van der Waals surface area contributed by atoms with E-state index in [0.717, 1.165) is 12.1 Å². The average Bonchev–Trinajstić information content (AvgIpc) is 2.89. The number of nitrogens with zero attached hydrogens (tertiary/aromatic N) is 2. The van der Waals surface area contributed by atoms with Crippen LogP contribution in [0, 0.1) is 0 Å². The molecule has 0 amide bonds. The first-order chi connectivity index (χ1) is 8.86. The van der Waals surface area contributed by atoms with Crippen molar-refractivity contribution in [2.24, 2.45) is 0 Å². The van der Waals surface area contributed by atoms with Gasteiger partial charge in [0.2, 0.25) is 0 Å². The van der Waals surface area contributed by atoms with E-state index < -0.39 is 0 Å². The molecule has 2 nitrogen and oxygen atoms in total. The molecule has 1 fully saturated rings. The third kappa shape index (κ3) is 2.17. The van der Waals surface area contributed by atoms with Crippen molar-refractivity contribution in [2.75, 3.05) is 0 Å². The van der Waals surface area contributed by atoms with E-state index in [1.54, 1.807) is 0 Å². The average molecular weight is 261 g/mol. The van der Waals surface area contributed by atoms with Gasteiger partial charge in [-0.1, -0.05) is 31.0 Å². The van der Waals surface area contributed by atoms with Crippen molar-refractivity contribution < 1.29 is 0 Å². The number of hydrogen-bond donors (Lipinski definition) is 0. The summed E-state index contributed by atoms with van der Waals surface area (Å²) in [6.07, 6.45) is 6.69. The molecule has 2 atom stereocenters. The lowest BCUT2D eigenvalue weighted by Gasteiger charge is -2.27. The smallest absolute Gasteiger partial charge is 0.0648 e. The molecule has 3 rings (SSSR count). The Morgan fingerprint density at radius 1 is 1.06 bits per heavy atom. The topological polar surface area (TPSA) is 17.8 Å². The highest BCUT2D eigenvalue weighted by molar-refractivity contribution is 6.21. The second-order valence-electron chi connectivity index (χ2n) is 4.91. The Labute approximate surface area is 113 Å². The van der Waals surface area contributed by atoms with Gasteiger partial charge in [-0.05, 0) is 31.0 Å². The maximum absolute atomic E-state index is 6.49. The van der Waals surface area contributed by atoms with E-state index in [1.165, 1.54) is 25.0 Å². The molecule has 1 aromatic heterocycles. The molecule has 3 heteroatoms. The number of rotatable bonds is 2. The highest BCUT2D eigenvalue weighted by Crippen LogP contribution is 2.36. The van der Waals surface area contributed by atoms with Gasteiger partial charge in [0.1, 0.15) is 0 Å². The lowest BCUT2D eigenvalue weighted by Crippen LogP contribution is -2.20. The largest absolute Gasteiger partial charge is 0.237 e.